The molecular weight excluding hydrogens is 372 g/mol. The molecule has 0 heterocycles. The Bertz CT molecular complexity index is 726. The lowest BCUT2D eigenvalue weighted by Gasteiger charge is -2.18. The van der Waals surface area contributed by atoms with E-state index in [2.05, 4.69) is 0 Å². The van der Waals surface area contributed by atoms with Gasteiger partial charge in [0, 0.05) is 31.1 Å². The van der Waals surface area contributed by atoms with Gasteiger partial charge in [-0.1, -0.05) is 43.5 Å². The first-order chi connectivity index (χ1) is 13.8. The number of phenolic OH excluding ortho intramolecular Hbond substituents is 1. The molecule has 1 saturated carbocycles. The molecule has 29 heavy (non-hydrogen) atoms. The van der Waals surface area contributed by atoms with Gasteiger partial charge < -0.3 is 20.4 Å². The fourth-order valence-corrected chi connectivity index (χ4v) is 4.00. The van der Waals surface area contributed by atoms with Gasteiger partial charge in [0.15, 0.2) is 0 Å². The monoisotopic (exact) mass is 404 g/mol. The highest BCUT2D eigenvalue weighted by Crippen LogP contribution is 2.34. The summed E-state index contributed by atoms with van der Waals surface area (Å²) >= 11 is 0. The van der Waals surface area contributed by atoms with Gasteiger partial charge in [-0.2, -0.15) is 0 Å². The second-order valence-electron chi connectivity index (χ2n) is 8.05. The quantitative estimate of drug-likeness (QED) is 0.333. The number of phenols is 1. The molecule has 0 amide bonds. The summed E-state index contributed by atoms with van der Waals surface area (Å²) < 4.78 is 0. The van der Waals surface area contributed by atoms with Crippen LogP contribution >= 0.6 is 0 Å². The molecule has 0 aromatic heterocycles. The topological polar surface area (TPSA) is 115 Å². The molecule has 0 bridgehead atoms. The van der Waals surface area contributed by atoms with Crippen molar-refractivity contribution in [3.63, 3.8) is 0 Å². The Morgan fingerprint density at radius 2 is 1.97 bits per heavy atom. The zero-order valence-corrected chi connectivity index (χ0v) is 17.0. The summed E-state index contributed by atoms with van der Waals surface area (Å²) in [5, 5.41) is 38.8. The van der Waals surface area contributed by atoms with Crippen molar-refractivity contribution in [3.8, 4) is 5.75 Å². The summed E-state index contributed by atoms with van der Waals surface area (Å²) in [7, 11) is 0. The molecule has 1 aromatic carbocycles. The average Bonchev–Trinajstić information content (AvgIpc) is 2.92. The standard InChI is InChI=1S/C23H32O6/c1-15-12-16(8-11-20(15)25)13-17(24)9-10-19-18(21(26)14-22(19)27)6-4-2-3-5-7-23(28)29/h8-12,17-19,22,24-25,27H,2-7,13-14H2,1H3,(H,28,29)/b10-9+/t17-,18+,19+,22+/m0/s1. The van der Waals surface area contributed by atoms with Gasteiger partial charge in [0.2, 0.25) is 0 Å². The van der Waals surface area contributed by atoms with Crippen LogP contribution in [0.2, 0.25) is 0 Å². The molecule has 0 spiro atoms. The highest BCUT2D eigenvalue weighted by Gasteiger charge is 2.39. The number of ketones is 1. The number of aliphatic carboxylic acids is 1. The zero-order valence-electron chi connectivity index (χ0n) is 17.0. The number of carbonyl (C=O) groups is 2. The van der Waals surface area contributed by atoms with Crippen LogP contribution in [-0.2, 0) is 16.0 Å². The highest BCUT2D eigenvalue weighted by molar-refractivity contribution is 5.84. The average molecular weight is 405 g/mol. The largest absolute Gasteiger partial charge is 0.508 e. The lowest BCUT2D eigenvalue weighted by atomic mass is 9.88. The number of aryl methyl sites for hydroxylation is 1. The number of hydrogen-bond donors (Lipinski definition) is 4. The minimum Gasteiger partial charge on any atom is -0.508 e. The minimum atomic E-state index is -0.787. The van der Waals surface area contributed by atoms with Crippen molar-refractivity contribution >= 4 is 11.8 Å². The van der Waals surface area contributed by atoms with Crippen molar-refractivity contribution in [2.45, 2.75) is 70.5 Å². The van der Waals surface area contributed by atoms with E-state index in [9.17, 15) is 24.9 Å². The Hall–Kier alpha value is -2.18. The zero-order chi connectivity index (χ0) is 21.4. The maximum Gasteiger partial charge on any atom is 0.303 e. The number of aliphatic hydroxyl groups is 2. The van der Waals surface area contributed by atoms with Gasteiger partial charge in [-0.25, -0.2) is 0 Å². The SMILES string of the molecule is Cc1cc(C[C@@H](O)/C=C/[C@H]2[C@H](O)CC(=O)[C@@H]2CCCCCCC(=O)O)ccc1O. The van der Waals surface area contributed by atoms with Gasteiger partial charge in [0.1, 0.15) is 11.5 Å². The van der Waals surface area contributed by atoms with Gasteiger partial charge in [-0.3, -0.25) is 9.59 Å². The lowest BCUT2D eigenvalue weighted by Crippen LogP contribution is -2.19. The fraction of sp³-hybridized carbons (Fsp3) is 0.565. The first kappa shape index (κ1) is 23.1. The smallest absolute Gasteiger partial charge is 0.303 e. The molecule has 2 rings (SSSR count). The van der Waals surface area contributed by atoms with Crippen LogP contribution in [0.5, 0.6) is 5.75 Å². The van der Waals surface area contributed by atoms with E-state index in [-0.39, 0.29) is 36.2 Å². The lowest BCUT2D eigenvalue weighted by molar-refractivity contribution is -0.137. The summed E-state index contributed by atoms with van der Waals surface area (Å²) in [6.45, 7) is 1.80. The summed E-state index contributed by atoms with van der Waals surface area (Å²) in [6, 6.07) is 5.20. The normalized spacial score (nSPS) is 23.0. The maximum absolute atomic E-state index is 12.3. The number of unbranched alkanes of at least 4 members (excludes halogenated alkanes) is 3. The van der Waals surface area contributed by atoms with E-state index in [0.29, 0.717) is 19.3 Å². The van der Waals surface area contributed by atoms with Crippen LogP contribution in [0.3, 0.4) is 0 Å². The van der Waals surface area contributed by atoms with Crippen molar-refractivity contribution in [3.05, 3.63) is 41.5 Å². The molecular formula is C23H32O6. The van der Waals surface area contributed by atoms with E-state index in [4.69, 9.17) is 5.11 Å². The third-order valence-corrected chi connectivity index (χ3v) is 5.65. The first-order valence-electron chi connectivity index (χ1n) is 10.4. The molecule has 0 unspecified atom stereocenters. The third kappa shape index (κ3) is 7.29. The molecule has 0 radical (unpaired) electrons. The molecule has 6 heteroatoms. The number of rotatable bonds is 11. The number of aliphatic hydroxyl groups excluding tert-OH is 2. The van der Waals surface area contributed by atoms with E-state index in [1.165, 1.54) is 0 Å². The minimum absolute atomic E-state index is 0.0568. The van der Waals surface area contributed by atoms with Crippen LogP contribution in [-0.4, -0.2) is 44.4 Å². The molecule has 1 aliphatic rings. The molecule has 1 fully saturated rings. The molecule has 0 saturated heterocycles. The number of Topliss-reactive ketones (excluding diaryl/α,β-unsaturated/α-hetero) is 1. The number of hydrogen-bond acceptors (Lipinski definition) is 5. The molecule has 6 nitrogen and oxygen atoms in total. The van der Waals surface area contributed by atoms with Gasteiger partial charge >= 0.3 is 5.97 Å². The van der Waals surface area contributed by atoms with Crippen molar-refractivity contribution in [2.24, 2.45) is 11.8 Å². The number of carboxylic acids is 1. The van der Waals surface area contributed by atoms with Crippen LogP contribution < -0.4 is 0 Å². The second kappa shape index (κ2) is 11.1. The number of benzene rings is 1. The van der Waals surface area contributed by atoms with E-state index in [1.54, 1.807) is 31.2 Å². The van der Waals surface area contributed by atoms with Crippen LogP contribution in [0.25, 0.3) is 0 Å². The van der Waals surface area contributed by atoms with Gasteiger partial charge in [0.05, 0.1) is 12.2 Å². The highest BCUT2D eigenvalue weighted by atomic mass is 16.4. The van der Waals surface area contributed by atoms with Crippen molar-refractivity contribution < 1.29 is 30.0 Å². The Morgan fingerprint density at radius 1 is 1.24 bits per heavy atom. The van der Waals surface area contributed by atoms with Gasteiger partial charge in [-0.05, 0) is 37.0 Å². The Labute approximate surface area is 171 Å². The van der Waals surface area contributed by atoms with Crippen molar-refractivity contribution in [1.29, 1.82) is 0 Å². The Balaban J connectivity index is 1.85. The van der Waals surface area contributed by atoms with E-state index in [1.807, 2.05) is 6.07 Å². The fourth-order valence-electron chi connectivity index (χ4n) is 4.00. The molecule has 160 valence electrons. The molecule has 0 aliphatic heterocycles. The summed E-state index contributed by atoms with van der Waals surface area (Å²) in [5.74, 6) is -1.05. The first-order valence-corrected chi connectivity index (χ1v) is 10.4. The van der Waals surface area contributed by atoms with Crippen LogP contribution in [0, 0.1) is 18.8 Å². The summed E-state index contributed by atoms with van der Waals surface area (Å²) in [6.07, 6.45) is 6.48. The maximum atomic E-state index is 12.3. The summed E-state index contributed by atoms with van der Waals surface area (Å²) in [4.78, 5) is 22.8. The van der Waals surface area contributed by atoms with E-state index < -0.39 is 18.2 Å². The third-order valence-electron chi connectivity index (χ3n) is 5.65. The van der Waals surface area contributed by atoms with Gasteiger partial charge in [0.25, 0.3) is 0 Å². The van der Waals surface area contributed by atoms with Gasteiger partial charge in [-0.15, -0.1) is 0 Å². The predicted molar refractivity (Wildman–Crippen MR) is 110 cm³/mol. The molecule has 4 N–H and O–H groups in total. The molecule has 4 atom stereocenters. The van der Waals surface area contributed by atoms with E-state index >= 15 is 0 Å². The Kier molecular flexibility index (Phi) is 8.86. The van der Waals surface area contributed by atoms with Crippen LogP contribution in [0.15, 0.2) is 30.4 Å². The molecule has 1 aromatic rings. The summed E-state index contributed by atoms with van der Waals surface area (Å²) in [5.41, 5.74) is 1.65. The number of carboxylic acid groups (broad SMARTS) is 1. The number of carbonyl (C=O) groups excluding carboxylic acids is 1. The van der Waals surface area contributed by atoms with Crippen molar-refractivity contribution in [2.75, 3.05) is 0 Å². The van der Waals surface area contributed by atoms with Crippen molar-refractivity contribution in [1.82, 2.24) is 0 Å². The Morgan fingerprint density at radius 3 is 2.66 bits per heavy atom. The molecule has 1 aliphatic carbocycles. The van der Waals surface area contributed by atoms with E-state index in [0.717, 1.165) is 30.4 Å². The second-order valence-corrected chi connectivity index (χ2v) is 8.05. The number of aromatic hydroxyl groups is 1. The van der Waals surface area contributed by atoms with Crippen LogP contribution in [0.1, 0.15) is 56.1 Å². The van der Waals surface area contributed by atoms with Crippen LogP contribution in [0.4, 0.5) is 0 Å². The predicted octanol–water partition coefficient (Wildman–Crippen LogP) is 3.15.